The van der Waals surface area contributed by atoms with Crippen LogP contribution < -0.4 is 0 Å². The van der Waals surface area contributed by atoms with Gasteiger partial charge in [0, 0.05) is 5.41 Å². The fourth-order valence-electron chi connectivity index (χ4n) is 1.59. The van der Waals surface area contributed by atoms with Crippen molar-refractivity contribution in [2.75, 3.05) is 13.2 Å². The lowest BCUT2D eigenvalue weighted by Crippen LogP contribution is -2.14. The largest absolute Gasteiger partial charge is 0.376 e. The molecule has 1 spiro atoms. The van der Waals surface area contributed by atoms with Gasteiger partial charge in [-0.2, -0.15) is 0 Å². The maximum atomic E-state index is 5.33. The fourth-order valence-corrected chi connectivity index (χ4v) is 1.59. The molecule has 2 rings (SSSR count). The van der Waals surface area contributed by atoms with Crippen molar-refractivity contribution in [2.45, 2.75) is 13.3 Å². The number of ether oxygens (including phenoxy) is 1. The van der Waals surface area contributed by atoms with Crippen LogP contribution >= 0.6 is 0 Å². The molecule has 0 amide bonds. The third kappa shape index (κ3) is 0.715. The van der Waals surface area contributed by atoms with Gasteiger partial charge in [-0.3, -0.25) is 0 Å². The molecule has 2 aliphatic rings. The third-order valence-electron chi connectivity index (χ3n) is 2.54. The van der Waals surface area contributed by atoms with Crippen LogP contribution in [0.3, 0.4) is 0 Å². The molecule has 0 aromatic rings. The predicted octanol–water partition coefficient (Wildman–Crippen LogP) is 1.60. The van der Waals surface area contributed by atoms with Crippen molar-refractivity contribution in [3.63, 3.8) is 0 Å². The van der Waals surface area contributed by atoms with E-state index in [4.69, 9.17) is 4.74 Å². The predicted molar refractivity (Wildman–Crippen MR) is 36.2 cm³/mol. The zero-order chi connectivity index (χ0) is 6.32. The van der Waals surface area contributed by atoms with Crippen LogP contribution in [-0.2, 0) is 4.74 Å². The molecule has 0 N–H and O–H groups in total. The fraction of sp³-hybridized carbons (Fsp3) is 0.750. The Labute approximate surface area is 55.7 Å². The minimum atomic E-state index is 0.484. The quantitative estimate of drug-likeness (QED) is 0.446. The second-order valence-electron chi connectivity index (χ2n) is 3.26. The second kappa shape index (κ2) is 1.60. The van der Waals surface area contributed by atoms with E-state index in [2.05, 4.69) is 19.1 Å². The molecule has 50 valence electrons. The SMILES string of the molecule is CC1CC12C=CCOC2. The number of rotatable bonds is 0. The first kappa shape index (κ1) is 5.48. The van der Waals surface area contributed by atoms with E-state index in [1.54, 1.807) is 0 Å². The third-order valence-corrected chi connectivity index (χ3v) is 2.54. The molecule has 0 aromatic carbocycles. The van der Waals surface area contributed by atoms with E-state index < -0.39 is 0 Å². The average Bonchev–Trinajstić information content (AvgIpc) is 2.44. The summed E-state index contributed by atoms with van der Waals surface area (Å²) in [4.78, 5) is 0. The van der Waals surface area contributed by atoms with Gasteiger partial charge in [0.2, 0.25) is 0 Å². The van der Waals surface area contributed by atoms with E-state index in [1.165, 1.54) is 6.42 Å². The highest BCUT2D eigenvalue weighted by Crippen LogP contribution is 2.54. The Morgan fingerprint density at radius 2 is 2.44 bits per heavy atom. The van der Waals surface area contributed by atoms with Crippen LogP contribution in [0.5, 0.6) is 0 Å². The summed E-state index contributed by atoms with van der Waals surface area (Å²) in [6, 6.07) is 0. The summed E-state index contributed by atoms with van der Waals surface area (Å²) in [5.74, 6) is 0.869. The molecule has 1 nitrogen and oxygen atoms in total. The van der Waals surface area contributed by atoms with E-state index >= 15 is 0 Å². The van der Waals surface area contributed by atoms with Gasteiger partial charge in [0.05, 0.1) is 13.2 Å². The van der Waals surface area contributed by atoms with Crippen LogP contribution in [0.2, 0.25) is 0 Å². The van der Waals surface area contributed by atoms with Gasteiger partial charge >= 0.3 is 0 Å². The Balaban J connectivity index is 2.13. The van der Waals surface area contributed by atoms with Gasteiger partial charge in [-0.25, -0.2) is 0 Å². The molecule has 1 saturated carbocycles. The van der Waals surface area contributed by atoms with E-state index in [0.29, 0.717) is 5.41 Å². The molecular weight excluding hydrogens is 112 g/mol. The molecule has 9 heavy (non-hydrogen) atoms. The van der Waals surface area contributed by atoms with Gasteiger partial charge in [-0.1, -0.05) is 19.1 Å². The highest BCUT2D eigenvalue weighted by Gasteiger charge is 2.49. The Hall–Kier alpha value is -0.300. The van der Waals surface area contributed by atoms with Crippen LogP contribution in [0, 0.1) is 11.3 Å². The van der Waals surface area contributed by atoms with Crippen molar-refractivity contribution in [2.24, 2.45) is 11.3 Å². The summed E-state index contributed by atoms with van der Waals surface area (Å²) in [5.41, 5.74) is 0.484. The molecule has 0 radical (unpaired) electrons. The molecule has 1 aliphatic carbocycles. The first-order valence-electron chi connectivity index (χ1n) is 3.59. The van der Waals surface area contributed by atoms with Crippen LogP contribution in [0.15, 0.2) is 12.2 Å². The van der Waals surface area contributed by atoms with E-state index in [9.17, 15) is 0 Å². The topological polar surface area (TPSA) is 9.23 Å². The summed E-state index contributed by atoms with van der Waals surface area (Å²) >= 11 is 0. The molecule has 2 unspecified atom stereocenters. The van der Waals surface area contributed by atoms with Crippen LogP contribution in [0.1, 0.15) is 13.3 Å². The maximum absolute atomic E-state index is 5.33. The zero-order valence-corrected chi connectivity index (χ0v) is 5.76. The first-order chi connectivity index (χ1) is 4.33. The Morgan fingerprint density at radius 1 is 1.67 bits per heavy atom. The zero-order valence-electron chi connectivity index (χ0n) is 5.76. The lowest BCUT2D eigenvalue weighted by atomic mass is 10.0. The van der Waals surface area contributed by atoms with Gasteiger partial charge in [0.25, 0.3) is 0 Å². The summed E-state index contributed by atoms with van der Waals surface area (Å²) < 4.78 is 5.33. The normalized spacial score (nSPS) is 47.9. The van der Waals surface area contributed by atoms with Crippen molar-refractivity contribution >= 4 is 0 Å². The molecular formula is C8H12O. The summed E-state index contributed by atoms with van der Waals surface area (Å²) in [7, 11) is 0. The van der Waals surface area contributed by atoms with E-state index in [-0.39, 0.29) is 0 Å². The van der Waals surface area contributed by atoms with E-state index in [1.807, 2.05) is 0 Å². The Kier molecular flexibility index (Phi) is 0.974. The molecule has 0 aromatic heterocycles. The Morgan fingerprint density at radius 3 is 2.78 bits per heavy atom. The van der Waals surface area contributed by atoms with E-state index in [0.717, 1.165) is 19.1 Å². The molecule has 2 atom stereocenters. The van der Waals surface area contributed by atoms with Gasteiger partial charge in [-0.15, -0.1) is 0 Å². The maximum Gasteiger partial charge on any atom is 0.0648 e. The first-order valence-corrected chi connectivity index (χ1v) is 3.59. The van der Waals surface area contributed by atoms with Crippen molar-refractivity contribution in [1.82, 2.24) is 0 Å². The van der Waals surface area contributed by atoms with Crippen molar-refractivity contribution < 1.29 is 4.74 Å². The van der Waals surface area contributed by atoms with Gasteiger partial charge in [0.1, 0.15) is 0 Å². The van der Waals surface area contributed by atoms with Crippen LogP contribution in [0.4, 0.5) is 0 Å². The number of hydrogen-bond acceptors (Lipinski definition) is 1. The lowest BCUT2D eigenvalue weighted by molar-refractivity contribution is 0.112. The lowest BCUT2D eigenvalue weighted by Gasteiger charge is -2.15. The van der Waals surface area contributed by atoms with Gasteiger partial charge < -0.3 is 4.74 Å². The molecule has 0 bridgehead atoms. The van der Waals surface area contributed by atoms with Gasteiger partial charge in [0.15, 0.2) is 0 Å². The summed E-state index contributed by atoms with van der Waals surface area (Å²) in [6.45, 7) is 4.08. The minimum Gasteiger partial charge on any atom is -0.376 e. The highest BCUT2D eigenvalue weighted by atomic mass is 16.5. The summed E-state index contributed by atoms with van der Waals surface area (Å²) in [6.07, 6.45) is 5.82. The van der Waals surface area contributed by atoms with Crippen molar-refractivity contribution in [1.29, 1.82) is 0 Å². The monoisotopic (exact) mass is 124 g/mol. The molecule has 1 aliphatic heterocycles. The average molecular weight is 124 g/mol. The van der Waals surface area contributed by atoms with Crippen molar-refractivity contribution in [3.05, 3.63) is 12.2 Å². The molecule has 1 fully saturated rings. The summed E-state index contributed by atoms with van der Waals surface area (Å²) in [5, 5.41) is 0. The smallest absolute Gasteiger partial charge is 0.0648 e. The molecule has 0 saturated heterocycles. The van der Waals surface area contributed by atoms with Crippen molar-refractivity contribution in [3.8, 4) is 0 Å². The Bertz CT molecular complexity index is 151. The minimum absolute atomic E-state index is 0.484. The van der Waals surface area contributed by atoms with Gasteiger partial charge in [-0.05, 0) is 12.3 Å². The highest BCUT2D eigenvalue weighted by molar-refractivity contribution is 5.15. The van der Waals surface area contributed by atoms with Crippen LogP contribution in [0.25, 0.3) is 0 Å². The second-order valence-corrected chi connectivity index (χ2v) is 3.26. The van der Waals surface area contributed by atoms with Crippen LogP contribution in [-0.4, -0.2) is 13.2 Å². The standard InChI is InChI=1S/C8H12O/c1-7-5-8(7)3-2-4-9-6-8/h2-3,7H,4-6H2,1H3. The molecule has 1 heteroatoms. The molecule has 1 heterocycles. The number of hydrogen-bond donors (Lipinski definition) is 0.